The number of hydrogen-bond acceptors (Lipinski definition) is 4. The molecular weight excluding hydrogens is 434 g/mol. The summed E-state index contributed by atoms with van der Waals surface area (Å²) in [5.74, 6) is 0.744. The lowest BCUT2D eigenvalue weighted by Gasteiger charge is -2.14. The Kier molecular flexibility index (Phi) is 6.28. The molecule has 180 valence electrons. The summed E-state index contributed by atoms with van der Waals surface area (Å²) in [5, 5.41) is 2.15. The Hall–Kier alpha value is -3.31. The average molecular weight is 468 g/mol. The number of carbonyl (C=O) groups excluding carboxylic acids is 2. The summed E-state index contributed by atoms with van der Waals surface area (Å²) in [6.45, 7) is 4.95. The van der Waals surface area contributed by atoms with Gasteiger partial charge in [0.15, 0.2) is 5.78 Å². The van der Waals surface area contributed by atoms with Gasteiger partial charge in [-0.05, 0) is 93.7 Å². The van der Waals surface area contributed by atoms with Crippen molar-refractivity contribution in [3.63, 3.8) is 0 Å². The molecule has 4 aromatic rings. The molecular formula is C30H33N3O2. The van der Waals surface area contributed by atoms with Crippen molar-refractivity contribution < 1.29 is 9.59 Å². The van der Waals surface area contributed by atoms with Crippen LogP contribution in [-0.2, 0) is 11.2 Å². The first kappa shape index (κ1) is 23.4. The summed E-state index contributed by atoms with van der Waals surface area (Å²) in [6.07, 6.45) is 5.72. The van der Waals surface area contributed by atoms with Crippen LogP contribution in [0.15, 0.2) is 42.6 Å². The van der Waals surface area contributed by atoms with Gasteiger partial charge in [-0.2, -0.15) is 0 Å². The number of ketones is 2. The Bertz CT molecular complexity index is 1440. The van der Waals surface area contributed by atoms with Gasteiger partial charge < -0.3 is 9.88 Å². The van der Waals surface area contributed by atoms with E-state index in [0.29, 0.717) is 18.6 Å². The Morgan fingerprint density at radius 3 is 2.66 bits per heavy atom. The fourth-order valence-electron chi connectivity index (χ4n) is 5.00. The van der Waals surface area contributed by atoms with Crippen LogP contribution in [0, 0.1) is 19.8 Å². The van der Waals surface area contributed by atoms with Gasteiger partial charge in [0, 0.05) is 41.3 Å². The smallest absolute Gasteiger partial charge is 0.163 e. The Balaban J connectivity index is 1.65. The summed E-state index contributed by atoms with van der Waals surface area (Å²) >= 11 is 0. The fourth-order valence-corrected chi connectivity index (χ4v) is 5.00. The van der Waals surface area contributed by atoms with E-state index in [9.17, 15) is 9.59 Å². The molecule has 1 aliphatic rings. The van der Waals surface area contributed by atoms with E-state index in [1.165, 1.54) is 0 Å². The monoisotopic (exact) mass is 467 g/mol. The molecule has 0 radical (unpaired) electrons. The molecule has 5 rings (SSSR count). The number of aryl methyl sites for hydroxylation is 2. The van der Waals surface area contributed by atoms with Gasteiger partial charge in [-0.3, -0.25) is 9.59 Å². The Morgan fingerprint density at radius 1 is 1.11 bits per heavy atom. The number of rotatable bonds is 9. The number of Topliss-reactive ketones (excluding diaryl/α,β-unsaturated/α-hetero) is 2. The molecule has 35 heavy (non-hydrogen) atoms. The predicted molar refractivity (Wildman–Crippen MR) is 142 cm³/mol. The highest BCUT2D eigenvalue weighted by Gasteiger charge is 2.29. The number of aromatic amines is 1. The van der Waals surface area contributed by atoms with Gasteiger partial charge in [0.25, 0.3) is 0 Å². The summed E-state index contributed by atoms with van der Waals surface area (Å²) in [4.78, 5) is 36.1. The molecule has 0 saturated heterocycles. The zero-order valence-corrected chi connectivity index (χ0v) is 21.1. The second kappa shape index (κ2) is 9.38. The molecule has 5 nitrogen and oxygen atoms in total. The number of nitrogens with one attached hydrogen (secondary N) is 1. The van der Waals surface area contributed by atoms with Crippen molar-refractivity contribution in [2.75, 3.05) is 20.6 Å². The highest BCUT2D eigenvalue weighted by molar-refractivity contribution is 6.17. The first-order valence-corrected chi connectivity index (χ1v) is 12.5. The quantitative estimate of drug-likeness (QED) is 0.305. The molecule has 1 N–H and O–H groups in total. The van der Waals surface area contributed by atoms with Crippen LogP contribution in [-0.4, -0.2) is 47.1 Å². The van der Waals surface area contributed by atoms with Gasteiger partial charge in [-0.1, -0.05) is 24.3 Å². The summed E-state index contributed by atoms with van der Waals surface area (Å²) in [5.41, 5.74) is 7.68. The average Bonchev–Trinajstić information content (AvgIpc) is 3.61. The molecule has 2 heterocycles. The molecule has 0 bridgehead atoms. The van der Waals surface area contributed by atoms with Crippen molar-refractivity contribution in [1.82, 2.24) is 14.9 Å². The van der Waals surface area contributed by atoms with Gasteiger partial charge in [-0.15, -0.1) is 0 Å². The number of carbonyl (C=O) groups is 2. The van der Waals surface area contributed by atoms with E-state index in [4.69, 9.17) is 0 Å². The normalized spacial score (nSPS) is 13.7. The standard InChI is InChI=1S/C30H33N3O2/c1-18-13-25-28-24(22-8-5-7-20(14-22)15-27(35)21-10-11-21)16-23(26(34)9-6-12-33(3)4)19(2)29(28)32-30(25)31-17-18/h5,7-8,13-14,16-17,21H,6,9-12,15H2,1-4H3,(H,31,32). The van der Waals surface area contributed by atoms with Crippen LogP contribution < -0.4 is 0 Å². The number of aromatic nitrogens is 2. The predicted octanol–water partition coefficient (Wildman–Crippen LogP) is 6.05. The maximum Gasteiger partial charge on any atom is 0.163 e. The fraction of sp³-hybridized carbons (Fsp3) is 0.367. The van der Waals surface area contributed by atoms with Crippen LogP contribution in [0.4, 0.5) is 0 Å². The zero-order valence-electron chi connectivity index (χ0n) is 21.1. The lowest BCUT2D eigenvalue weighted by molar-refractivity contribution is -0.119. The molecule has 1 aliphatic carbocycles. The molecule has 2 aromatic carbocycles. The lowest BCUT2D eigenvalue weighted by Crippen LogP contribution is -2.14. The SMILES string of the molecule is Cc1cnc2[nH]c3c(C)c(C(=O)CCCN(C)C)cc(-c4cccc(CC(=O)C5CC5)c4)c3c2c1. The molecule has 1 saturated carbocycles. The number of pyridine rings is 1. The van der Waals surface area contributed by atoms with Crippen LogP contribution in [0.5, 0.6) is 0 Å². The van der Waals surface area contributed by atoms with E-state index in [-0.39, 0.29) is 11.7 Å². The second-order valence-electron chi connectivity index (χ2n) is 10.3. The maximum absolute atomic E-state index is 13.3. The van der Waals surface area contributed by atoms with Crippen LogP contribution in [0.25, 0.3) is 33.1 Å². The van der Waals surface area contributed by atoms with Crippen molar-refractivity contribution in [3.8, 4) is 11.1 Å². The molecule has 0 amide bonds. The van der Waals surface area contributed by atoms with Crippen molar-refractivity contribution in [2.45, 2.75) is 46.0 Å². The first-order chi connectivity index (χ1) is 16.8. The maximum atomic E-state index is 13.3. The van der Waals surface area contributed by atoms with Crippen LogP contribution >= 0.6 is 0 Å². The molecule has 0 unspecified atom stereocenters. The third-order valence-corrected chi connectivity index (χ3v) is 7.08. The van der Waals surface area contributed by atoms with E-state index in [1.807, 2.05) is 46.3 Å². The van der Waals surface area contributed by atoms with E-state index in [0.717, 1.165) is 81.1 Å². The zero-order chi connectivity index (χ0) is 24.7. The number of hydrogen-bond donors (Lipinski definition) is 1. The van der Waals surface area contributed by atoms with E-state index in [2.05, 4.69) is 39.1 Å². The highest BCUT2D eigenvalue weighted by atomic mass is 16.1. The van der Waals surface area contributed by atoms with Crippen molar-refractivity contribution in [3.05, 3.63) is 64.8 Å². The first-order valence-electron chi connectivity index (χ1n) is 12.5. The largest absolute Gasteiger partial charge is 0.339 e. The number of H-pyrrole nitrogens is 1. The highest BCUT2D eigenvalue weighted by Crippen LogP contribution is 2.39. The molecule has 0 atom stereocenters. The van der Waals surface area contributed by atoms with Gasteiger partial charge in [0.1, 0.15) is 11.4 Å². The second-order valence-corrected chi connectivity index (χ2v) is 10.3. The molecule has 2 aromatic heterocycles. The van der Waals surface area contributed by atoms with Gasteiger partial charge in [-0.25, -0.2) is 4.98 Å². The molecule has 0 aliphatic heterocycles. The third-order valence-electron chi connectivity index (χ3n) is 7.08. The van der Waals surface area contributed by atoms with Gasteiger partial charge in [0.05, 0.1) is 5.52 Å². The third kappa shape index (κ3) is 4.78. The molecule has 0 spiro atoms. The van der Waals surface area contributed by atoms with E-state index in [1.54, 1.807) is 0 Å². The minimum atomic E-state index is 0.162. The van der Waals surface area contributed by atoms with Gasteiger partial charge >= 0.3 is 0 Å². The van der Waals surface area contributed by atoms with Crippen LogP contribution in [0.1, 0.15) is 52.7 Å². The van der Waals surface area contributed by atoms with Crippen LogP contribution in [0.3, 0.4) is 0 Å². The summed E-state index contributed by atoms with van der Waals surface area (Å²) in [6, 6.07) is 12.5. The number of nitrogens with zero attached hydrogens (tertiary/aromatic N) is 2. The van der Waals surface area contributed by atoms with Gasteiger partial charge in [0.2, 0.25) is 0 Å². The Morgan fingerprint density at radius 2 is 1.91 bits per heavy atom. The Labute approximate surface area is 206 Å². The number of benzene rings is 2. The molecule has 5 heteroatoms. The number of fused-ring (bicyclic) bond motifs is 3. The van der Waals surface area contributed by atoms with Crippen LogP contribution in [0.2, 0.25) is 0 Å². The minimum absolute atomic E-state index is 0.162. The molecule has 1 fully saturated rings. The topological polar surface area (TPSA) is 66.1 Å². The van der Waals surface area contributed by atoms with Crippen molar-refractivity contribution in [1.29, 1.82) is 0 Å². The van der Waals surface area contributed by atoms with E-state index < -0.39 is 0 Å². The summed E-state index contributed by atoms with van der Waals surface area (Å²) < 4.78 is 0. The van der Waals surface area contributed by atoms with Crippen molar-refractivity contribution in [2.24, 2.45) is 5.92 Å². The van der Waals surface area contributed by atoms with E-state index >= 15 is 0 Å². The summed E-state index contributed by atoms with van der Waals surface area (Å²) in [7, 11) is 4.06. The van der Waals surface area contributed by atoms with Crippen molar-refractivity contribution >= 4 is 33.5 Å². The minimum Gasteiger partial charge on any atom is -0.339 e. The lowest BCUT2D eigenvalue weighted by atomic mass is 9.90.